The molecule has 1 unspecified atom stereocenters. The van der Waals surface area contributed by atoms with Crippen molar-refractivity contribution in [2.45, 2.75) is 159 Å². The second kappa shape index (κ2) is 23.4. The van der Waals surface area contributed by atoms with E-state index >= 15 is 0 Å². The molecule has 1 N–H and O–H groups in total. The molecule has 1 aliphatic carbocycles. The molecule has 0 spiro atoms. The van der Waals surface area contributed by atoms with E-state index in [9.17, 15) is 19.5 Å². The van der Waals surface area contributed by atoms with Crippen LogP contribution in [0.5, 0.6) is 0 Å². The molecule has 0 aromatic carbocycles. The van der Waals surface area contributed by atoms with Crippen molar-refractivity contribution in [2.75, 3.05) is 13.7 Å². The minimum absolute atomic E-state index is 0. The summed E-state index contributed by atoms with van der Waals surface area (Å²) in [6.07, 6.45) is 19.3. The maximum Gasteiger partial charge on any atom is 0.316 e. The fraction of sp³-hybridized carbons (Fsp3) is 0.618. The third-order valence-corrected chi connectivity index (χ3v) is 14.9. The summed E-state index contributed by atoms with van der Waals surface area (Å²) < 4.78 is 11.1. The van der Waals surface area contributed by atoms with Crippen LogP contribution >= 0.6 is 0 Å². The average molecular weight is 955 g/mol. The zero-order valence-corrected chi connectivity index (χ0v) is 45.1. The number of hydrogen-bond acceptors (Lipinski definition) is 6. The number of hydrogen-bond donors (Lipinski definition) is 1. The molecule has 358 valence electrons. The fourth-order valence-corrected chi connectivity index (χ4v) is 10.8. The second-order valence-electron chi connectivity index (χ2n) is 20.3. The predicted molar refractivity (Wildman–Crippen MR) is 261 cm³/mol. The van der Waals surface area contributed by atoms with Crippen LogP contribution in [-0.4, -0.2) is 36.5 Å². The van der Waals surface area contributed by atoms with Gasteiger partial charge in [-0.1, -0.05) is 140 Å². The smallest absolute Gasteiger partial charge is 0.316 e. The number of carbonyl (C=O) groups excluding carboxylic acids is 3. The molecule has 10 nitrogen and oxygen atoms in total. The fourth-order valence-electron chi connectivity index (χ4n) is 10.8. The van der Waals surface area contributed by atoms with Crippen molar-refractivity contribution < 1.29 is 48.4 Å². The van der Waals surface area contributed by atoms with E-state index in [0.29, 0.717) is 63.2 Å². The Morgan fingerprint density at radius 3 is 2.00 bits per heavy atom. The van der Waals surface area contributed by atoms with Gasteiger partial charge in [0.1, 0.15) is 12.5 Å². The predicted octanol–water partition coefficient (Wildman–Crippen LogP) is 13.1. The first kappa shape index (κ1) is 53.0. The van der Waals surface area contributed by atoms with Crippen LogP contribution in [0.15, 0.2) is 34.4 Å². The number of carbonyl (C=O) groups is 3. The van der Waals surface area contributed by atoms with E-state index in [1.807, 2.05) is 38.2 Å². The van der Waals surface area contributed by atoms with Crippen molar-refractivity contribution in [3.63, 3.8) is 0 Å². The molecule has 4 aliphatic rings. The molecule has 3 aliphatic heterocycles. The van der Waals surface area contributed by atoms with Crippen molar-refractivity contribution in [2.24, 2.45) is 47.3 Å². The van der Waals surface area contributed by atoms with Crippen molar-refractivity contribution in [3.05, 3.63) is 90.1 Å². The number of ketones is 1. The summed E-state index contributed by atoms with van der Waals surface area (Å²) >= 11 is 0. The third kappa shape index (κ3) is 11.8. The maximum absolute atomic E-state index is 13.7. The van der Waals surface area contributed by atoms with Crippen molar-refractivity contribution in [1.82, 2.24) is 9.97 Å². The molecule has 11 heteroatoms. The number of aliphatic hydroxyl groups excluding tert-OH is 1. The van der Waals surface area contributed by atoms with Crippen LogP contribution in [0.25, 0.3) is 34.4 Å². The number of nitrogens with zero attached hydrogens (tertiary/aromatic N) is 4. The Balaban J connectivity index is 0.00000817. The zero-order valence-electron chi connectivity index (χ0n) is 42.2. The molecule has 8 atom stereocenters. The number of aliphatic hydroxyl groups is 1. The monoisotopic (exact) mass is 953 g/mol. The van der Waals surface area contributed by atoms with E-state index in [1.165, 1.54) is 57.6 Å². The van der Waals surface area contributed by atoms with E-state index in [2.05, 4.69) is 55.4 Å². The number of esters is 2. The number of methoxy groups -OCH3 is 1. The van der Waals surface area contributed by atoms with Crippen molar-refractivity contribution in [1.29, 1.82) is 0 Å². The van der Waals surface area contributed by atoms with Crippen LogP contribution in [0.1, 0.15) is 195 Å². The molecule has 0 saturated carbocycles. The minimum Gasteiger partial charge on any atom is -0.664 e. The Labute approximate surface area is 408 Å². The van der Waals surface area contributed by atoms with Gasteiger partial charge in [0.15, 0.2) is 5.78 Å². The Kier molecular flexibility index (Phi) is 18.8. The molecule has 0 radical (unpaired) electrons. The molecule has 0 amide bonds. The topological polar surface area (TPSA) is 146 Å². The Morgan fingerprint density at radius 1 is 0.773 bits per heavy atom. The molecule has 8 bridgehead atoms. The molecule has 2 fully saturated rings. The van der Waals surface area contributed by atoms with Crippen molar-refractivity contribution in [3.8, 4) is 0 Å². The Morgan fingerprint density at radius 2 is 1.36 bits per heavy atom. The third-order valence-electron chi connectivity index (χ3n) is 14.9. The van der Waals surface area contributed by atoms with Gasteiger partial charge in [0.2, 0.25) is 0 Å². The van der Waals surface area contributed by atoms with Crippen LogP contribution in [0.2, 0.25) is 0 Å². The minimum atomic E-state index is -1.20. The molecule has 2 aromatic rings. The number of allylic oxidation sites excluding steroid dienone is 5. The first-order valence-electron chi connectivity index (χ1n) is 24.7. The zero-order chi connectivity index (χ0) is 47.3. The first-order chi connectivity index (χ1) is 30.9. The number of fused-ring (bicyclic) bond motifs is 7. The Bertz CT molecular complexity index is 2240. The van der Waals surface area contributed by atoms with Gasteiger partial charge in [-0.15, -0.1) is 22.8 Å². The van der Waals surface area contributed by atoms with Gasteiger partial charge >= 0.3 is 11.9 Å². The van der Waals surface area contributed by atoms with E-state index in [-0.39, 0.29) is 67.9 Å². The van der Waals surface area contributed by atoms with Gasteiger partial charge in [-0.25, -0.2) is 0 Å². The van der Waals surface area contributed by atoms with Crippen molar-refractivity contribution >= 4 is 41.5 Å². The molecule has 2 saturated heterocycles. The number of Topliss-reactive ketones (excluding diaryl/α,β-unsaturated/α-hetero) is 1. The van der Waals surface area contributed by atoms with Gasteiger partial charge < -0.3 is 35.2 Å². The SMILES string of the molecule is CC[C@H]1/C2=C/c3[n-]c4c(c3C)C(O)[C@H](C(=O)OC)/C4=C3/[N-]/C(=C\c4[n-]c(c(C(C)=O)c4C)/C=C(\[N-]2)[C@@H]1C)[C@@H](C)[C@@H]3CCC(=O)OC/C=C(\C)CCC[C@H](C)CCC[C@H](C)CCCC(C)C.[Zn]. The molecular formula is C55H76N4O6Zn-4. The van der Waals surface area contributed by atoms with Gasteiger partial charge in [0.05, 0.1) is 13.2 Å². The summed E-state index contributed by atoms with van der Waals surface area (Å²) in [4.78, 5) is 50.5. The van der Waals surface area contributed by atoms with Crippen LogP contribution < -0.4 is 9.97 Å². The normalized spacial score (nSPS) is 26.6. The average Bonchev–Trinajstić information content (AvgIpc) is 4.00. The quantitative estimate of drug-likeness (QED) is 0.0597. The van der Waals surface area contributed by atoms with E-state index < -0.39 is 18.0 Å². The van der Waals surface area contributed by atoms with Gasteiger partial charge in [-0.3, -0.25) is 14.4 Å². The van der Waals surface area contributed by atoms with Gasteiger partial charge in [-0.05, 0) is 100 Å². The molecular weight excluding hydrogens is 878 g/mol. The van der Waals surface area contributed by atoms with Crippen LogP contribution in [0, 0.1) is 61.2 Å². The summed E-state index contributed by atoms with van der Waals surface area (Å²) in [5, 5.41) is 22.3. The van der Waals surface area contributed by atoms with E-state index in [4.69, 9.17) is 30.1 Å². The Hall–Kier alpha value is -3.95. The van der Waals surface area contributed by atoms with Gasteiger partial charge in [0, 0.05) is 31.5 Å². The van der Waals surface area contributed by atoms with Crippen LogP contribution in [-0.2, 0) is 38.5 Å². The number of rotatable bonds is 20. The van der Waals surface area contributed by atoms with Crippen LogP contribution in [0.4, 0.5) is 0 Å². The van der Waals surface area contributed by atoms with E-state index in [1.54, 1.807) is 6.92 Å². The van der Waals surface area contributed by atoms with E-state index in [0.717, 1.165) is 53.6 Å². The molecule has 6 rings (SSSR count). The maximum atomic E-state index is 13.7. The molecule has 66 heavy (non-hydrogen) atoms. The van der Waals surface area contributed by atoms with Gasteiger partial charge in [-0.2, -0.15) is 22.8 Å². The summed E-state index contributed by atoms with van der Waals surface area (Å²) in [6, 6.07) is 0. The number of ether oxygens (including phenoxy) is 2. The summed E-state index contributed by atoms with van der Waals surface area (Å²) in [5.74, 6) is -0.0577. The summed E-state index contributed by atoms with van der Waals surface area (Å²) in [7, 11) is 1.32. The van der Waals surface area contributed by atoms with Gasteiger partial charge in [0.25, 0.3) is 0 Å². The number of aromatic nitrogens is 2. The largest absolute Gasteiger partial charge is 0.664 e. The summed E-state index contributed by atoms with van der Waals surface area (Å²) in [5.41, 5.74) is 9.86. The molecule has 5 heterocycles. The first-order valence-corrected chi connectivity index (χ1v) is 24.7. The second-order valence-corrected chi connectivity index (χ2v) is 20.3. The standard InChI is InChI=1S/C55H77N4O6.Zn/c1-13-39-34(7)41-29-46-48(38(11)60)36(9)43(57-46)27-42-35(8)40(52(58-42)50-51(55(63)64-12)54(62)49-37(10)44(59-53(49)50)28-45(39)56-41)23-24-47(61)65-26-25-33(6)22-16-21-32(5)20-15-19-31(4)18-14-17-30(2)3;/h25,27-32,34-35,39-40,51,54,62H,13-24,26H2,1-12H3,(H-,56,57,60);/q-3;/p-1/b33-25+,42-27-,45-28-,52-50-;/t31-,32-,34-,35+,39-,40+,51-,54?;/m1./s1. The molecule has 2 aromatic heterocycles. The summed E-state index contributed by atoms with van der Waals surface area (Å²) in [6.45, 7) is 23.5. The van der Waals surface area contributed by atoms with Crippen LogP contribution in [0.3, 0.4) is 0 Å².